The van der Waals surface area contributed by atoms with Gasteiger partial charge in [-0.1, -0.05) is 13.0 Å². The van der Waals surface area contributed by atoms with Crippen LogP contribution in [-0.4, -0.2) is 25.8 Å². The minimum atomic E-state index is -0.613. The summed E-state index contributed by atoms with van der Waals surface area (Å²) in [5.74, 6) is -0.413. The second kappa shape index (κ2) is 6.52. The molecule has 2 aromatic carbocycles. The predicted octanol–water partition coefficient (Wildman–Crippen LogP) is 1.37. The van der Waals surface area contributed by atoms with Crippen molar-refractivity contribution in [3.63, 3.8) is 0 Å². The molecule has 3 aromatic rings. The molecule has 0 aliphatic rings. The first kappa shape index (κ1) is 16.3. The Morgan fingerprint density at radius 3 is 2.48 bits per heavy atom. The first-order chi connectivity index (χ1) is 12.0. The van der Waals surface area contributed by atoms with Crippen LogP contribution in [0.2, 0.25) is 0 Å². The summed E-state index contributed by atoms with van der Waals surface area (Å²) in [7, 11) is 0. The molecule has 0 saturated carbocycles. The van der Waals surface area contributed by atoms with Gasteiger partial charge >= 0.3 is 11.4 Å². The molecule has 0 radical (unpaired) electrons. The van der Waals surface area contributed by atoms with Gasteiger partial charge in [0, 0.05) is 5.56 Å². The van der Waals surface area contributed by atoms with Crippen LogP contribution in [0.1, 0.15) is 22.8 Å². The van der Waals surface area contributed by atoms with Crippen LogP contribution in [0.15, 0.2) is 52.1 Å². The molecule has 0 unspecified atom stereocenters. The van der Waals surface area contributed by atoms with Crippen molar-refractivity contribution in [1.29, 1.82) is 0 Å². The Hall–Kier alpha value is -3.55. The summed E-state index contributed by atoms with van der Waals surface area (Å²) in [6.45, 7) is 1.98. The molecule has 1 amide bonds. The van der Waals surface area contributed by atoms with Gasteiger partial charge in [-0.3, -0.25) is 9.78 Å². The first-order valence-corrected chi connectivity index (χ1v) is 7.63. The molecule has 0 bridgehead atoms. The second-order valence-electron chi connectivity index (χ2n) is 5.41. The molecular formula is C17H16N4O4. The van der Waals surface area contributed by atoms with Crippen molar-refractivity contribution in [3.8, 4) is 11.4 Å². The quantitative estimate of drug-likeness (QED) is 0.536. The third-order valence-corrected chi connectivity index (χ3v) is 3.74. The monoisotopic (exact) mass is 340 g/mol. The zero-order chi connectivity index (χ0) is 18.0. The van der Waals surface area contributed by atoms with E-state index in [0.717, 1.165) is 16.7 Å². The van der Waals surface area contributed by atoms with E-state index in [0.29, 0.717) is 16.9 Å². The van der Waals surface area contributed by atoms with Gasteiger partial charge < -0.3 is 10.4 Å². The lowest BCUT2D eigenvalue weighted by Gasteiger charge is -2.09. The summed E-state index contributed by atoms with van der Waals surface area (Å²) in [5, 5.41) is 14.8. The van der Waals surface area contributed by atoms with Crippen LogP contribution in [0.5, 0.6) is 5.75 Å². The van der Waals surface area contributed by atoms with Gasteiger partial charge in [0.2, 0.25) is 0 Å². The standard InChI is InChI=1S/C17H16N4O4/c1-2-10-3-8-14(22)13(9-10)18-15(23)11-4-6-12(7-5-11)21-17(25)19-16(24)20-21/h3-9,22H,2H2,1H3,(H,18,23)(H2,19,20,24,25). The van der Waals surface area contributed by atoms with Crippen LogP contribution < -0.4 is 16.7 Å². The number of phenolic OH excluding ortho intramolecular Hbond substituents is 1. The number of aromatic amines is 2. The fourth-order valence-electron chi connectivity index (χ4n) is 2.37. The fraction of sp³-hybridized carbons (Fsp3) is 0.118. The molecule has 0 atom stereocenters. The van der Waals surface area contributed by atoms with Crippen molar-refractivity contribution in [2.24, 2.45) is 0 Å². The lowest BCUT2D eigenvalue weighted by atomic mass is 10.1. The number of hydrogen-bond acceptors (Lipinski definition) is 4. The highest BCUT2D eigenvalue weighted by Crippen LogP contribution is 2.25. The molecule has 0 aliphatic heterocycles. The highest BCUT2D eigenvalue weighted by Gasteiger charge is 2.10. The number of anilines is 1. The molecule has 0 fully saturated rings. The Morgan fingerprint density at radius 2 is 1.88 bits per heavy atom. The number of aromatic nitrogens is 3. The number of hydrogen-bond donors (Lipinski definition) is 4. The number of amides is 1. The predicted molar refractivity (Wildman–Crippen MR) is 92.4 cm³/mol. The van der Waals surface area contributed by atoms with Crippen LogP contribution in [-0.2, 0) is 6.42 Å². The number of H-pyrrole nitrogens is 2. The maximum absolute atomic E-state index is 12.3. The SMILES string of the molecule is CCc1ccc(O)c(NC(=O)c2ccc(-n3[nH]c(=O)[nH]c3=O)cc2)c1. The third kappa shape index (κ3) is 3.37. The van der Waals surface area contributed by atoms with E-state index >= 15 is 0 Å². The third-order valence-electron chi connectivity index (χ3n) is 3.74. The second-order valence-corrected chi connectivity index (χ2v) is 5.41. The van der Waals surface area contributed by atoms with Crippen molar-refractivity contribution >= 4 is 11.6 Å². The Bertz CT molecular complexity index is 1030. The number of rotatable bonds is 4. The molecule has 0 spiro atoms. The highest BCUT2D eigenvalue weighted by atomic mass is 16.3. The molecule has 1 aromatic heterocycles. The van der Waals surface area contributed by atoms with Gasteiger partial charge in [0.25, 0.3) is 5.91 Å². The summed E-state index contributed by atoms with van der Waals surface area (Å²) >= 11 is 0. The molecule has 25 heavy (non-hydrogen) atoms. The Kier molecular flexibility index (Phi) is 4.25. The Morgan fingerprint density at radius 1 is 1.16 bits per heavy atom. The van der Waals surface area contributed by atoms with Crippen molar-refractivity contribution in [2.45, 2.75) is 13.3 Å². The highest BCUT2D eigenvalue weighted by molar-refractivity contribution is 6.05. The topological polar surface area (TPSA) is 120 Å². The van der Waals surface area contributed by atoms with Crippen molar-refractivity contribution in [3.05, 3.63) is 74.6 Å². The van der Waals surface area contributed by atoms with E-state index in [1.807, 2.05) is 6.92 Å². The molecule has 0 saturated heterocycles. The number of phenols is 1. The lowest BCUT2D eigenvalue weighted by molar-refractivity contribution is 0.102. The van der Waals surface area contributed by atoms with Crippen LogP contribution >= 0.6 is 0 Å². The largest absolute Gasteiger partial charge is 0.506 e. The maximum Gasteiger partial charge on any atom is 0.349 e. The summed E-state index contributed by atoms with van der Waals surface area (Å²) in [6, 6.07) is 11.1. The smallest absolute Gasteiger partial charge is 0.349 e. The van der Waals surface area contributed by atoms with Crippen LogP contribution in [0.3, 0.4) is 0 Å². The van der Waals surface area contributed by atoms with Crippen molar-refractivity contribution < 1.29 is 9.90 Å². The van der Waals surface area contributed by atoms with E-state index in [-0.39, 0.29) is 5.75 Å². The molecule has 4 N–H and O–H groups in total. The van der Waals surface area contributed by atoms with E-state index in [1.165, 1.54) is 30.3 Å². The van der Waals surface area contributed by atoms with E-state index in [2.05, 4.69) is 15.4 Å². The van der Waals surface area contributed by atoms with Gasteiger partial charge in [0.1, 0.15) is 5.75 Å². The lowest BCUT2D eigenvalue weighted by Crippen LogP contribution is -2.16. The van der Waals surface area contributed by atoms with E-state index in [1.54, 1.807) is 12.1 Å². The normalized spacial score (nSPS) is 10.6. The number of carbonyl (C=O) groups excluding carboxylic acids is 1. The molecule has 3 rings (SSSR count). The molecular weight excluding hydrogens is 324 g/mol. The summed E-state index contributed by atoms with van der Waals surface area (Å²) in [5.41, 5.74) is 0.868. The molecule has 8 heteroatoms. The van der Waals surface area contributed by atoms with Gasteiger partial charge in [0.15, 0.2) is 0 Å². The minimum absolute atomic E-state index is 0.0152. The fourth-order valence-corrected chi connectivity index (χ4v) is 2.37. The van der Waals surface area contributed by atoms with Gasteiger partial charge in [-0.2, -0.15) is 0 Å². The van der Waals surface area contributed by atoms with E-state index in [9.17, 15) is 19.5 Å². The van der Waals surface area contributed by atoms with Crippen LogP contribution in [0.4, 0.5) is 5.69 Å². The van der Waals surface area contributed by atoms with E-state index < -0.39 is 17.3 Å². The average molecular weight is 340 g/mol. The van der Waals surface area contributed by atoms with Crippen LogP contribution in [0.25, 0.3) is 5.69 Å². The van der Waals surface area contributed by atoms with Crippen molar-refractivity contribution in [1.82, 2.24) is 14.8 Å². The number of aromatic hydroxyl groups is 1. The zero-order valence-corrected chi connectivity index (χ0v) is 13.4. The number of nitrogens with zero attached hydrogens (tertiary/aromatic N) is 1. The first-order valence-electron chi connectivity index (χ1n) is 7.63. The van der Waals surface area contributed by atoms with Gasteiger partial charge in [-0.25, -0.2) is 19.4 Å². The van der Waals surface area contributed by atoms with Crippen LogP contribution in [0, 0.1) is 0 Å². The molecule has 0 aliphatic carbocycles. The van der Waals surface area contributed by atoms with Gasteiger partial charge in [-0.15, -0.1) is 0 Å². The van der Waals surface area contributed by atoms with E-state index in [4.69, 9.17) is 0 Å². The summed E-state index contributed by atoms with van der Waals surface area (Å²) in [4.78, 5) is 37.1. The minimum Gasteiger partial charge on any atom is -0.506 e. The van der Waals surface area contributed by atoms with Crippen molar-refractivity contribution in [2.75, 3.05) is 5.32 Å². The number of nitrogens with one attached hydrogen (secondary N) is 3. The summed E-state index contributed by atoms with van der Waals surface area (Å²) < 4.78 is 1.04. The summed E-state index contributed by atoms with van der Waals surface area (Å²) in [6.07, 6.45) is 0.779. The molecule has 128 valence electrons. The Balaban J connectivity index is 1.83. The Labute approximate surface area is 141 Å². The maximum atomic E-state index is 12.3. The van der Waals surface area contributed by atoms with Gasteiger partial charge in [0.05, 0.1) is 11.4 Å². The zero-order valence-electron chi connectivity index (χ0n) is 13.4. The number of benzene rings is 2. The number of carbonyl (C=O) groups is 1. The van der Waals surface area contributed by atoms with Gasteiger partial charge in [-0.05, 0) is 48.4 Å². The number of aryl methyl sites for hydroxylation is 1. The molecule has 1 heterocycles. The molecule has 8 nitrogen and oxygen atoms in total. The average Bonchev–Trinajstić information content (AvgIpc) is 2.95.